The van der Waals surface area contributed by atoms with E-state index in [9.17, 15) is 39.1 Å². The molecule has 0 saturated carbocycles. The standard InChI is InChI=1S/C16H18O8S/c17-5-9-1-13(2-10(6-18)15(9)21)25(23,24)14-3-11(7-19)16(22)12(4-14)8-20/h1-4,17-22H,5-8H2. The van der Waals surface area contributed by atoms with Crippen molar-refractivity contribution in [2.75, 3.05) is 0 Å². The van der Waals surface area contributed by atoms with Crippen LogP contribution in [0.1, 0.15) is 22.3 Å². The van der Waals surface area contributed by atoms with Gasteiger partial charge in [-0.05, 0) is 24.3 Å². The lowest BCUT2D eigenvalue weighted by molar-refractivity contribution is 0.262. The van der Waals surface area contributed by atoms with Crippen LogP contribution >= 0.6 is 0 Å². The fourth-order valence-corrected chi connectivity index (χ4v) is 3.85. The highest BCUT2D eigenvalue weighted by Gasteiger charge is 2.23. The third kappa shape index (κ3) is 3.46. The van der Waals surface area contributed by atoms with E-state index in [0.29, 0.717) is 0 Å². The van der Waals surface area contributed by atoms with E-state index in [1.807, 2.05) is 0 Å². The van der Waals surface area contributed by atoms with Crippen LogP contribution in [0, 0.1) is 0 Å². The van der Waals surface area contributed by atoms with Gasteiger partial charge in [-0.3, -0.25) is 0 Å². The Morgan fingerprint density at radius 3 is 1.04 bits per heavy atom. The summed E-state index contributed by atoms with van der Waals surface area (Å²) in [5.74, 6) is -0.802. The lowest BCUT2D eigenvalue weighted by Gasteiger charge is -2.14. The minimum absolute atomic E-state index is 0.0753. The first-order valence-corrected chi connectivity index (χ1v) is 8.66. The Labute approximate surface area is 143 Å². The first kappa shape index (κ1) is 19.2. The van der Waals surface area contributed by atoms with Gasteiger partial charge >= 0.3 is 0 Å². The Morgan fingerprint density at radius 1 is 0.600 bits per heavy atom. The Hall–Kier alpha value is -2.17. The van der Waals surface area contributed by atoms with Crippen molar-refractivity contribution in [1.82, 2.24) is 0 Å². The van der Waals surface area contributed by atoms with Gasteiger partial charge in [0.05, 0.1) is 36.2 Å². The van der Waals surface area contributed by atoms with Crippen LogP contribution in [0.25, 0.3) is 0 Å². The molecule has 0 bridgehead atoms. The van der Waals surface area contributed by atoms with E-state index in [0.717, 1.165) is 24.3 Å². The quantitative estimate of drug-likeness (QED) is 0.412. The van der Waals surface area contributed by atoms with Gasteiger partial charge in [0.25, 0.3) is 0 Å². The highest BCUT2D eigenvalue weighted by molar-refractivity contribution is 7.91. The topological polar surface area (TPSA) is 156 Å². The lowest BCUT2D eigenvalue weighted by atomic mass is 10.1. The zero-order valence-electron chi connectivity index (χ0n) is 13.0. The van der Waals surface area contributed by atoms with Gasteiger partial charge in [-0.15, -0.1) is 0 Å². The molecular weight excluding hydrogens is 352 g/mol. The van der Waals surface area contributed by atoms with Crippen LogP contribution in [0.2, 0.25) is 0 Å². The Bertz CT molecular complexity index is 771. The van der Waals surface area contributed by atoms with Crippen molar-refractivity contribution in [3.63, 3.8) is 0 Å². The van der Waals surface area contributed by atoms with Crippen LogP contribution in [0.5, 0.6) is 11.5 Å². The third-order valence-corrected chi connectivity index (χ3v) is 5.50. The van der Waals surface area contributed by atoms with Crippen LogP contribution in [-0.4, -0.2) is 39.1 Å². The molecule has 2 aromatic rings. The summed E-state index contributed by atoms with van der Waals surface area (Å²) in [6, 6.07) is 4.25. The summed E-state index contributed by atoms with van der Waals surface area (Å²) < 4.78 is 25.7. The van der Waals surface area contributed by atoms with Crippen LogP contribution in [-0.2, 0) is 36.3 Å². The molecule has 0 aromatic heterocycles. The maximum absolute atomic E-state index is 12.8. The Kier molecular flexibility index (Phi) is 5.65. The summed E-state index contributed by atoms with van der Waals surface area (Å²) in [4.78, 5) is -0.589. The SMILES string of the molecule is O=S(=O)(c1cc(CO)c(O)c(CO)c1)c1cc(CO)c(O)c(CO)c1. The lowest BCUT2D eigenvalue weighted by Crippen LogP contribution is -2.07. The molecule has 0 spiro atoms. The number of aliphatic hydroxyl groups excluding tert-OH is 4. The second-order valence-electron chi connectivity index (χ2n) is 5.32. The molecule has 0 radical (unpaired) electrons. The van der Waals surface area contributed by atoms with Crippen molar-refractivity contribution in [3.8, 4) is 11.5 Å². The number of aromatic hydroxyl groups is 2. The average molecular weight is 370 g/mol. The molecule has 9 heteroatoms. The van der Waals surface area contributed by atoms with E-state index in [2.05, 4.69) is 0 Å². The predicted molar refractivity (Wildman–Crippen MR) is 85.4 cm³/mol. The molecule has 25 heavy (non-hydrogen) atoms. The van der Waals surface area contributed by atoms with E-state index in [1.165, 1.54) is 0 Å². The van der Waals surface area contributed by atoms with Gasteiger partial charge in [0, 0.05) is 22.3 Å². The molecule has 0 fully saturated rings. The Balaban J connectivity index is 2.71. The largest absolute Gasteiger partial charge is 0.507 e. The van der Waals surface area contributed by atoms with Crippen molar-refractivity contribution in [2.24, 2.45) is 0 Å². The molecule has 2 aromatic carbocycles. The molecule has 0 aliphatic heterocycles. The number of hydrogen-bond donors (Lipinski definition) is 6. The van der Waals surface area contributed by atoms with Crippen LogP contribution in [0.3, 0.4) is 0 Å². The van der Waals surface area contributed by atoms with Gasteiger partial charge in [-0.1, -0.05) is 0 Å². The molecule has 0 unspecified atom stereocenters. The third-order valence-electron chi connectivity index (χ3n) is 3.78. The maximum atomic E-state index is 12.8. The Morgan fingerprint density at radius 2 is 0.840 bits per heavy atom. The summed E-state index contributed by atoms with van der Waals surface area (Å²) in [6.45, 7) is -2.55. The molecular formula is C16H18O8S. The maximum Gasteiger partial charge on any atom is 0.206 e. The molecule has 2 rings (SSSR count). The average Bonchev–Trinajstić information content (AvgIpc) is 2.61. The van der Waals surface area contributed by atoms with E-state index in [1.54, 1.807) is 0 Å². The van der Waals surface area contributed by atoms with E-state index >= 15 is 0 Å². The molecule has 0 heterocycles. The van der Waals surface area contributed by atoms with Crippen molar-refractivity contribution in [3.05, 3.63) is 46.5 Å². The highest BCUT2D eigenvalue weighted by Crippen LogP contribution is 2.33. The second kappa shape index (κ2) is 7.38. The summed E-state index contributed by atoms with van der Waals surface area (Å²) >= 11 is 0. The highest BCUT2D eigenvalue weighted by atomic mass is 32.2. The minimum Gasteiger partial charge on any atom is -0.507 e. The molecule has 0 saturated heterocycles. The number of aliphatic hydroxyl groups is 4. The zero-order valence-corrected chi connectivity index (χ0v) is 13.9. The van der Waals surface area contributed by atoms with Crippen LogP contribution < -0.4 is 0 Å². The minimum atomic E-state index is -4.17. The summed E-state index contributed by atoms with van der Waals surface area (Å²) in [7, 11) is -4.17. The van der Waals surface area contributed by atoms with E-state index in [4.69, 9.17) is 0 Å². The molecule has 136 valence electrons. The fourth-order valence-electron chi connectivity index (χ4n) is 2.38. The number of rotatable bonds is 6. The van der Waals surface area contributed by atoms with Gasteiger partial charge in [0.2, 0.25) is 9.84 Å². The number of phenols is 2. The van der Waals surface area contributed by atoms with Crippen LogP contribution in [0.4, 0.5) is 0 Å². The molecule has 0 aliphatic carbocycles. The van der Waals surface area contributed by atoms with E-state index < -0.39 is 47.8 Å². The van der Waals surface area contributed by atoms with Crippen molar-refractivity contribution in [1.29, 1.82) is 0 Å². The number of benzene rings is 2. The smallest absolute Gasteiger partial charge is 0.206 e. The summed E-state index contributed by atoms with van der Waals surface area (Å²) in [6.07, 6.45) is 0. The second-order valence-corrected chi connectivity index (χ2v) is 7.27. The van der Waals surface area contributed by atoms with Gasteiger partial charge in [-0.25, -0.2) is 8.42 Å². The molecule has 0 aliphatic rings. The van der Waals surface area contributed by atoms with E-state index in [-0.39, 0.29) is 32.0 Å². The first-order valence-electron chi connectivity index (χ1n) is 7.18. The number of hydrogen-bond acceptors (Lipinski definition) is 8. The summed E-state index contributed by atoms with van der Waals surface area (Å²) in [5.41, 5.74) is -0.301. The fraction of sp³-hybridized carbons (Fsp3) is 0.250. The summed E-state index contributed by atoms with van der Waals surface area (Å²) in [5, 5.41) is 56.7. The molecule has 8 nitrogen and oxygen atoms in total. The van der Waals surface area contributed by atoms with Crippen molar-refractivity contribution >= 4 is 9.84 Å². The zero-order chi connectivity index (χ0) is 18.8. The predicted octanol–water partition coefficient (Wildman–Crippen LogP) is -0.100. The molecule has 0 amide bonds. The van der Waals surface area contributed by atoms with Crippen LogP contribution in [0.15, 0.2) is 34.1 Å². The van der Waals surface area contributed by atoms with Crippen molar-refractivity contribution < 1.29 is 39.1 Å². The van der Waals surface area contributed by atoms with Gasteiger partial charge < -0.3 is 30.6 Å². The molecule has 0 atom stereocenters. The van der Waals surface area contributed by atoms with Crippen molar-refractivity contribution in [2.45, 2.75) is 36.2 Å². The van der Waals surface area contributed by atoms with Gasteiger partial charge in [-0.2, -0.15) is 0 Å². The number of sulfone groups is 1. The van der Waals surface area contributed by atoms with Gasteiger partial charge in [0.15, 0.2) is 0 Å². The first-order chi connectivity index (χ1) is 11.8. The monoisotopic (exact) mass is 370 g/mol. The normalized spacial score (nSPS) is 11.7. The molecule has 6 N–H and O–H groups in total. The van der Waals surface area contributed by atoms with Gasteiger partial charge in [0.1, 0.15) is 11.5 Å².